The lowest BCUT2D eigenvalue weighted by Crippen LogP contribution is -2.28. The maximum atomic E-state index is 11.8. The molecule has 0 saturated carbocycles. The van der Waals surface area contributed by atoms with Crippen molar-refractivity contribution in [3.05, 3.63) is 46.9 Å². The number of rotatable bonds is 8. The van der Waals surface area contributed by atoms with Crippen LogP contribution in [0.15, 0.2) is 30.0 Å². The van der Waals surface area contributed by atoms with Crippen LogP contribution in [-0.4, -0.2) is 44.5 Å². The third-order valence-electron chi connectivity index (χ3n) is 2.54. The first-order valence-electron chi connectivity index (χ1n) is 6.41. The van der Waals surface area contributed by atoms with Crippen LogP contribution in [0.3, 0.4) is 0 Å². The zero-order valence-corrected chi connectivity index (χ0v) is 11.8. The molecule has 0 unspecified atom stereocenters. The van der Waals surface area contributed by atoms with Crippen LogP contribution in [0.4, 0.5) is 0 Å². The van der Waals surface area contributed by atoms with Crippen LogP contribution < -0.4 is 10.1 Å². The number of aliphatic hydroxyl groups excluding tert-OH is 1. The predicted octanol–water partition coefficient (Wildman–Crippen LogP) is 1.08. The molecule has 21 heavy (non-hydrogen) atoms. The number of carbonyl (C=O) groups excluding carboxylic acids is 1. The van der Waals surface area contributed by atoms with Crippen LogP contribution in [0.1, 0.15) is 5.56 Å². The average Bonchev–Trinajstić information content (AvgIpc) is 2.52. The highest BCUT2D eigenvalue weighted by atomic mass is 16.5. The number of benzene rings is 1. The number of nitrogens with zero attached hydrogens (tertiary/aromatic N) is 1. The zero-order valence-electron chi connectivity index (χ0n) is 11.8. The molecule has 1 aromatic carbocycles. The quantitative estimate of drug-likeness (QED) is 0.427. The highest BCUT2D eigenvalue weighted by molar-refractivity contribution is 5.99. The van der Waals surface area contributed by atoms with Crippen LogP contribution in [0.25, 0.3) is 10.9 Å². The highest BCUT2D eigenvalue weighted by Gasteiger charge is 2.08. The maximum Gasteiger partial charge on any atom is 0.250 e. The first-order chi connectivity index (χ1) is 10.2. The molecule has 0 spiro atoms. The van der Waals surface area contributed by atoms with E-state index in [9.17, 15) is 4.79 Å². The Morgan fingerprint density at radius 2 is 2.10 bits per heavy atom. The minimum atomic E-state index is -0.451. The lowest BCUT2D eigenvalue weighted by molar-refractivity contribution is -0.117. The smallest absolute Gasteiger partial charge is 0.250 e. The molecule has 0 radical (unpaired) electrons. The van der Waals surface area contributed by atoms with Gasteiger partial charge in [-0.2, -0.15) is 0 Å². The third kappa shape index (κ3) is 6.08. The molecular weight excluding hydrogens is 272 g/mol. The molecule has 0 aliphatic rings. The van der Waals surface area contributed by atoms with E-state index < -0.39 is 5.91 Å². The molecule has 0 aliphatic carbocycles. The number of hydrogen-bond acceptors (Lipinski definition) is 4. The Bertz CT molecular complexity index is 517. The molecule has 0 bridgehead atoms. The number of aliphatic hydroxyl groups is 1. The molecule has 2 N–H and O–H groups in total. The molecule has 1 amide bonds. The second-order valence-electron chi connectivity index (χ2n) is 4.01. The standard InChI is InChI=1S/C15H18N2O4/c1-16-14(15(19)17-7-9-21-10-8-18)11-12-3-5-13(20-2)6-4-12/h3-6,11,18H,7-10H2,2H3,(H,17,19)/b14-11-. The normalized spacial score (nSPS) is 10.8. The van der Waals surface area contributed by atoms with Crippen molar-refractivity contribution >= 4 is 12.0 Å². The third-order valence-corrected chi connectivity index (χ3v) is 2.54. The van der Waals surface area contributed by atoms with Gasteiger partial charge in [0.15, 0.2) is 0 Å². The summed E-state index contributed by atoms with van der Waals surface area (Å²) < 4.78 is 10.1. The minimum Gasteiger partial charge on any atom is -0.497 e. The van der Waals surface area contributed by atoms with Crippen molar-refractivity contribution in [1.29, 1.82) is 0 Å². The Balaban J connectivity index is 2.57. The van der Waals surface area contributed by atoms with Gasteiger partial charge in [0.05, 0.1) is 33.5 Å². The van der Waals surface area contributed by atoms with Gasteiger partial charge in [0, 0.05) is 6.54 Å². The minimum absolute atomic E-state index is 0.00215. The van der Waals surface area contributed by atoms with E-state index >= 15 is 0 Å². The number of carbonyl (C=O) groups is 1. The topological polar surface area (TPSA) is 72.2 Å². The van der Waals surface area contributed by atoms with E-state index in [4.69, 9.17) is 21.2 Å². The summed E-state index contributed by atoms with van der Waals surface area (Å²) in [4.78, 5) is 15.0. The molecule has 6 nitrogen and oxygen atoms in total. The molecule has 0 heterocycles. The molecule has 1 aromatic rings. The van der Waals surface area contributed by atoms with Gasteiger partial charge in [-0.25, -0.2) is 4.85 Å². The van der Waals surface area contributed by atoms with E-state index in [1.165, 1.54) is 6.08 Å². The van der Waals surface area contributed by atoms with Gasteiger partial charge in [0.1, 0.15) is 5.75 Å². The van der Waals surface area contributed by atoms with Crippen molar-refractivity contribution in [2.45, 2.75) is 0 Å². The van der Waals surface area contributed by atoms with Crippen LogP contribution >= 0.6 is 0 Å². The predicted molar refractivity (Wildman–Crippen MR) is 78.5 cm³/mol. The van der Waals surface area contributed by atoms with E-state index in [0.717, 1.165) is 5.56 Å². The van der Waals surface area contributed by atoms with Gasteiger partial charge in [0.25, 0.3) is 5.70 Å². The monoisotopic (exact) mass is 290 g/mol. The van der Waals surface area contributed by atoms with Gasteiger partial charge in [-0.1, -0.05) is 12.1 Å². The maximum absolute atomic E-state index is 11.8. The Morgan fingerprint density at radius 1 is 1.38 bits per heavy atom. The first-order valence-corrected chi connectivity index (χ1v) is 6.41. The molecule has 0 aliphatic heterocycles. The van der Waals surface area contributed by atoms with Crippen molar-refractivity contribution in [1.82, 2.24) is 5.32 Å². The number of amides is 1. The average molecular weight is 290 g/mol. The summed E-state index contributed by atoms with van der Waals surface area (Å²) in [6.45, 7) is 7.82. The Morgan fingerprint density at radius 3 is 2.67 bits per heavy atom. The summed E-state index contributed by atoms with van der Waals surface area (Å²) in [6.07, 6.45) is 1.51. The van der Waals surface area contributed by atoms with Crippen molar-refractivity contribution in [2.24, 2.45) is 0 Å². The van der Waals surface area contributed by atoms with E-state index in [2.05, 4.69) is 10.2 Å². The van der Waals surface area contributed by atoms with Crippen molar-refractivity contribution in [3.63, 3.8) is 0 Å². The van der Waals surface area contributed by atoms with Crippen molar-refractivity contribution < 1.29 is 19.4 Å². The van der Waals surface area contributed by atoms with E-state index in [0.29, 0.717) is 12.4 Å². The van der Waals surface area contributed by atoms with E-state index in [1.807, 2.05) is 0 Å². The summed E-state index contributed by atoms with van der Waals surface area (Å²) in [5, 5.41) is 11.1. The molecule has 0 fully saturated rings. The molecule has 0 atom stereocenters. The molecule has 6 heteroatoms. The van der Waals surface area contributed by atoms with E-state index in [-0.39, 0.29) is 25.5 Å². The Labute approximate surface area is 123 Å². The largest absolute Gasteiger partial charge is 0.497 e. The number of ether oxygens (including phenoxy) is 2. The van der Waals surface area contributed by atoms with E-state index in [1.54, 1.807) is 31.4 Å². The molecule has 1 rings (SSSR count). The van der Waals surface area contributed by atoms with Crippen LogP contribution in [0, 0.1) is 6.57 Å². The second-order valence-corrected chi connectivity index (χ2v) is 4.01. The second kappa shape index (κ2) is 9.53. The number of nitrogens with one attached hydrogen (secondary N) is 1. The summed E-state index contributed by atoms with van der Waals surface area (Å²) in [7, 11) is 1.57. The van der Waals surface area contributed by atoms with Crippen LogP contribution in [-0.2, 0) is 9.53 Å². The van der Waals surface area contributed by atoms with Crippen LogP contribution in [0.5, 0.6) is 5.75 Å². The highest BCUT2D eigenvalue weighted by Crippen LogP contribution is 2.14. The fourth-order valence-corrected chi connectivity index (χ4v) is 1.50. The lowest BCUT2D eigenvalue weighted by atomic mass is 10.2. The zero-order chi connectivity index (χ0) is 15.5. The summed E-state index contributed by atoms with van der Waals surface area (Å²) in [5.41, 5.74) is 0.746. The van der Waals surface area contributed by atoms with Gasteiger partial charge in [-0.05, 0) is 23.8 Å². The van der Waals surface area contributed by atoms with Gasteiger partial charge in [-0.15, -0.1) is 0 Å². The van der Waals surface area contributed by atoms with Gasteiger partial charge in [-0.3, -0.25) is 4.79 Å². The lowest BCUT2D eigenvalue weighted by Gasteiger charge is -2.05. The fraction of sp³-hybridized carbons (Fsp3) is 0.333. The van der Waals surface area contributed by atoms with Crippen LogP contribution in [0.2, 0.25) is 0 Å². The number of methoxy groups -OCH3 is 1. The Kier molecular flexibility index (Phi) is 7.58. The molecule has 0 aromatic heterocycles. The van der Waals surface area contributed by atoms with Gasteiger partial charge >= 0.3 is 0 Å². The number of hydrogen-bond donors (Lipinski definition) is 2. The first kappa shape index (κ1) is 16.7. The molecule has 112 valence electrons. The summed E-state index contributed by atoms with van der Waals surface area (Å²) >= 11 is 0. The summed E-state index contributed by atoms with van der Waals surface area (Å²) in [5.74, 6) is 0.260. The SMILES string of the molecule is [C-]#[N+]/C(=C\c1ccc(OC)cc1)C(=O)NCCOCCO. The van der Waals surface area contributed by atoms with Gasteiger partial charge in [0.2, 0.25) is 5.91 Å². The van der Waals surface area contributed by atoms with Crippen molar-refractivity contribution in [2.75, 3.05) is 33.5 Å². The Hall–Kier alpha value is -2.36. The van der Waals surface area contributed by atoms with Crippen molar-refractivity contribution in [3.8, 4) is 5.75 Å². The molecular formula is C15H18N2O4. The fourth-order valence-electron chi connectivity index (χ4n) is 1.50. The van der Waals surface area contributed by atoms with Gasteiger partial charge < -0.3 is 19.9 Å². The summed E-state index contributed by atoms with van der Waals surface area (Å²) in [6, 6.07) is 7.05. The molecule has 0 saturated heterocycles.